The minimum atomic E-state index is -0.512. The molecule has 5 nitrogen and oxygen atoms in total. The van der Waals surface area contributed by atoms with Gasteiger partial charge in [0.05, 0.1) is 19.7 Å². The third kappa shape index (κ3) is 2.28. The Morgan fingerprint density at radius 2 is 1.91 bits per heavy atom. The zero-order valence-electron chi connectivity index (χ0n) is 12.0. The molecule has 22 heavy (non-hydrogen) atoms. The van der Waals surface area contributed by atoms with E-state index in [0.29, 0.717) is 28.1 Å². The van der Waals surface area contributed by atoms with E-state index in [1.807, 2.05) is 0 Å². The summed E-state index contributed by atoms with van der Waals surface area (Å²) in [6.45, 7) is 0. The van der Waals surface area contributed by atoms with Crippen LogP contribution in [0.2, 0.25) is 0 Å². The lowest BCUT2D eigenvalue weighted by molar-refractivity contribution is 0.0604. The molecule has 1 aromatic carbocycles. The average Bonchev–Trinajstić information content (AvgIpc) is 2.93. The first-order valence-electron chi connectivity index (χ1n) is 6.54. The van der Waals surface area contributed by atoms with Gasteiger partial charge in [-0.25, -0.2) is 13.7 Å². The first kappa shape index (κ1) is 14.1. The van der Waals surface area contributed by atoms with Crippen LogP contribution in [-0.2, 0) is 4.74 Å². The van der Waals surface area contributed by atoms with Gasteiger partial charge < -0.3 is 9.47 Å². The topological polar surface area (TPSA) is 52.8 Å². The van der Waals surface area contributed by atoms with E-state index in [0.717, 1.165) is 0 Å². The Balaban J connectivity index is 2.28. The third-order valence-electron chi connectivity index (χ3n) is 3.35. The maximum absolute atomic E-state index is 13.1. The van der Waals surface area contributed by atoms with Crippen LogP contribution in [0, 0.1) is 5.82 Å². The minimum Gasteiger partial charge on any atom is -0.497 e. The molecule has 0 N–H and O–H groups in total. The van der Waals surface area contributed by atoms with Gasteiger partial charge in [0, 0.05) is 17.8 Å². The van der Waals surface area contributed by atoms with E-state index >= 15 is 0 Å². The van der Waals surface area contributed by atoms with Crippen molar-refractivity contribution in [2.75, 3.05) is 14.2 Å². The summed E-state index contributed by atoms with van der Waals surface area (Å²) in [6, 6.07) is 9.21. The minimum absolute atomic E-state index is 0.313. The number of hydrogen-bond acceptors (Lipinski definition) is 4. The van der Waals surface area contributed by atoms with Crippen LogP contribution in [0.3, 0.4) is 0 Å². The van der Waals surface area contributed by atoms with Crippen LogP contribution in [0.15, 0.2) is 42.6 Å². The number of nitrogens with zero attached hydrogens (tertiary/aromatic N) is 2. The highest BCUT2D eigenvalue weighted by molar-refractivity contribution is 6.03. The first-order valence-corrected chi connectivity index (χ1v) is 6.54. The summed E-state index contributed by atoms with van der Waals surface area (Å²) in [5.74, 6) is -0.264. The zero-order valence-corrected chi connectivity index (χ0v) is 12.0. The van der Waals surface area contributed by atoms with Crippen molar-refractivity contribution in [3.8, 4) is 17.0 Å². The Hall–Kier alpha value is -2.89. The van der Waals surface area contributed by atoms with Crippen molar-refractivity contribution in [2.24, 2.45) is 0 Å². The van der Waals surface area contributed by atoms with Gasteiger partial charge >= 0.3 is 5.97 Å². The predicted molar refractivity (Wildman–Crippen MR) is 78.5 cm³/mol. The fourth-order valence-corrected chi connectivity index (χ4v) is 2.27. The SMILES string of the molecule is COC(=O)c1c(-c2ccc(F)cc2)nn2ccc(OC)cc12. The van der Waals surface area contributed by atoms with Crippen LogP contribution in [0.1, 0.15) is 10.4 Å². The summed E-state index contributed by atoms with van der Waals surface area (Å²) in [4.78, 5) is 12.2. The fraction of sp³-hybridized carbons (Fsp3) is 0.125. The van der Waals surface area contributed by atoms with Gasteiger partial charge in [-0.05, 0) is 30.3 Å². The maximum atomic E-state index is 13.1. The molecule has 0 aliphatic carbocycles. The summed E-state index contributed by atoms with van der Waals surface area (Å²) in [6.07, 6.45) is 1.69. The zero-order chi connectivity index (χ0) is 15.7. The number of esters is 1. The van der Waals surface area contributed by atoms with E-state index in [1.54, 1.807) is 42.1 Å². The molecule has 6 heteroatoms. The van der Waals surface area contributed by atoms with Crippen LogP contribution in [-0.4, -0.2) is 29.8 Å². The molecule has 0 saturated carbocycles. The summed E-state index contributed by atoms with van der Waals surface area (Å²) >= 11 is 0. The molecule has 0 unspecified atom stereocenters. The normalized spacial score (nSPS) is 10.7. The van der Waals surface area contributed by atoms with E-state index in [2.05, 4.69) is 5.10 Å². The smallest absolute Gasteiger partial charge is 0.342 e. The Labute approximate surface area is 125 Å². The second kappa shape index (κ2) is 5.48. The molecule has 0 aliphatic rings. The van der Waals surface area contributed by atoms with Gasteiger partial charge in [0.15, 0.2) is 0 Å². The van der Waals surface area contributed by atoms with Crippen LogP contribution >= 0.6 is 0 Å². The van der Waals surface area contributed by atoms with E-state index in [-0.39, 0.29) is 5.82 Å². The van der Waals surface area contributed by atoms with Gasteiger partial charge in [-0.3, -0.25) is 0 Å². The lowest BCUT2D eigenvalue weighted by Gasteiger charge is -2.02. The van der Waals surface area contributed by atoms with Gasteiger partial charge in [0.1, 0.15) is 22.8 Å². The van der Waals surface area contributed by atoms with E-state index in [4.69, 9.17) is 9.47 Å². The standard InChI is InChI=1S/C16H13FN2O3/c1-21-12-7-8-19-13(9-12)14(16(20)22-2)15(18-19)10-3-5-11(17)6-4-10/h3-9H,1-2H3. The number of methoxy groups -OCH3 is 2. The highest BCUT2D eigenvalue weighted by Crippen LogP contribution is 2.28. The van der Waals surface area contributed by atoms with Crippen molar-refractivity contribution in [1.82, 2.24) is 9.61 Å². The van der Waals surface area contributed by atoms with Crippen LogP contribution in [0.25, 0.3) is 16.8 Å². The number of ether oxygens (including phenoxy) is 2. The molecular weight excluding hydrogens is 287 g/mol. The highest BCUT2D eigenvalue weighted by Gasteiger charge is 2.22. The van der Waals surface area contributed by atoms with E-state index < -0.39 is 5.97 Å². The Morgan fingerprint density at radius 1 is 1.18 bits per heavy atom. The van der Waals surface area contributed by atoms with Crippen molar-refractivity contribution in [1.29, 1.82) is 0 Å². The van der Waals surface area contributed by atoms with Crippen molar-refractivity contribution in [3.05, 3.63) is 54.0 Å². The van der Waals surface area contributed by atoms with Gasteiger partial charge in [0.2, 0.25) is 0 Å². The molecule has 0 bridgehead atoms. The number of pyridine rings is 1. The maximum Gasteiger partial charge on any atom is 0.342 e. The van der Waals surface area contributed by atoms with Crippen LogP contribution < -0.4 is 4.74 Å². The molecule has 2 aromatic heterocycles. The molecular formula is C16H13FN2O3. The number of aromatic nitrogens is 2. The number of carbonyl (C=O) groups excluding carboxylic acids is 1. The van der Waals surface area contributed by atoms with Crippen molar-refractivity contribution < 1.29 is 18.7 Å². The Morgan fingerprint density at radius 3 is 2.55 bits per heavy atom. The number of carbonyl (C=O) groups is 1. The predicted octanol–water partition coefficient (Wildman–Crippen LogP) is 2.94. The Kier molecular flexibility index (Phi) is 3.50. The molecule has 0 amide bonds. The first-order chi connectivity index (χ1) is 10.6. The van der Waals surface area contributed by atoms with Crippen molar-refractivity contribution in [2.45, 2.75) is 0 Å². The number of fused-ring (bicyclic) bond motifs is 1. The molecule has 0 fully saturated rings. The van der Waals surface area contributed by atoms with E-state index in [1.165, 1.54) is 19.2 Å². The molecule has 3 rings (SSSR count). The van der Waals surface area contributed by atoms with Crippen molar-refractivity contribution in [3.63, 3.8) is 0 Å². The lowest BCUT2D eigenvalue weighted by Crippen LogP contribution is -2.02. The monoisotopic (exact) mass is 300 g/mol. The highest BCUT2D eigenvalue weighted by atomic mass is 19.1. The van der Waals surface area contributed by atoms with Gasteiger partial charge in [-0.15, -0.1) is 0 Å². The molecule has 3 aromatic rings. The average molecular weight is 300 g/mol. The van der Waals surface area contributed by atoms with E-state index in [9.17, 15) is 9.18 Å². The quantitative estimate of drug-likeness (QED) is 0.698. The number of benzene rings is 1. The third-order valence-corrected chi connectivity index (χ3v) is 3.35. The molecule has 0 aliphatic heterocycles. The summed E-state index contributed by atoms with van der Waals surface area (Å²) in [5, 5.41) is 4.39. The van der Waals surface area contributed by atoms with Crippen molar-refractivity contribution >= 4 is 11.5 Å². The molecule has 0 radical (unpaired) electrons. The van der Waals surface area contributed by atoms with Crippen LogP contribution in [0.5, 0.6) is 5.75 Å². The molecule has 0 atom stereocenters. The van der Waals surface area contributed by atoms with Gasteiger partial charge in [0.25, 0.3) is 0 Å². The molecule has 112 valence electrons. The summed E-state index contributed by atoms with van der Waals surface area (Å²) < 4.78 is 24.7. The molecule has 0 saturated heterocycles. The fourth-order valence-electron chi connectivity index (χ4n) is 2.27. The van der Waals surface area contributed by atoms with Gasteiger partial charge in [-0.2, -0.15) is 5.10 Å². The Bertz CT molecular complexity index is 840. The van der Waals surface area contributed by atoms with Gasteiger partial charge in [-0.1, -0.05) is 0 Å². The largest absolute Gasteiger partial charge is 0.497 e. The number of hydrogen-bond donors (Lipinski definition) is 0. The summed E-state index contributed by atoms with van der Waals surface area (Å²) in [7, 11) is 2.85. The number of rotatable bonds is 3. The second-order valence-corrected chi connectivity index (χ2v) is 4.62. The molecule has 0 spiro atoms. The molecule has 2 heterocycles. The summed E-state index contributed by atoms with van der Waals surface area (Å²) in [5.41, 5.74) is 1.93. The lowest BCUT2D eigenvalue weighted by atomic mass is 10.1. The second-order valence-electron chi connectivity index (χ2n) is 4.62. The number of halogens is 1. The van der Waals surface area contributed by atoms with Crippen LogP contribution in [0.4, 0.5) is 4.39 Å².